The summed E-state index contributed by atoms with van der Waals surface area (Å²) in [4.78, 5) is 3.63. The van der Waals surface area contributed by atoms with E-state index < -0.39 is 0 Å². The van der Waals surface area contributed by atoms with Crippen LogP contribution in [0.1, 0.15) is 22.9 Å². The number of rotatable bonds is 6. The van der Waals surface area contributed by atoms with Gasteiger partial charge in [-0.15, -0.1) is 11.3 Å². The molecule has 2 nitrogen and oxygen atoms in total. The maximum absolute atomic E-state index is 6.22. The smallest absolute Gasteiger partial charge is 0.0640 e. The first kappa shape index (κ1) is 15.8. The molecule has 0 spiro atoms. The number of nitrogens with zero attached hydrogens (tertiary/aromatic N) is 1. The quantitative estimate of drug-likeness (QED) is 0.841. The Hall–Kier alpha value is -0.580. The molecule has 0 fully saturated rings. The molecule has 1 aromatic carbocycles. The molecule has 5 heteroatoms. The van der Waals surface area contributed by atoms with Gasteiger partial charge >= 0.3 is 0 Å². The summed E-state index contributed by atoms with van der Waals surface area (Å²) in [6.45, 7) is 1.87. The molecule has 0 amide bonds. The number of nitrogens with two attached hydrogens (primary N) is 1. The first-order chi connectivity index (χ1) is 9.58. The molecule has 1 aromatic heterocycles. The fourth-order valence-electron chi connectivity index (χ4n) is 2.07. The molecule has 2 N–H and O–H groups in total. The van der Waals surface area contributed by atoms with Crippen molar-refractivity contribution < 1.29 is 0 Å². The van der Waals surface area contributed by atoms with Gasteiger partial charge in [0.2, 0.25) is 0 Å². The second kappa shape index (κ2) is 7.43. The second-order valence-corrected chi connectivity index (χ2v) is 6.67. The van der Waals surface area contributed by atoms with Crippen LogP contribution >= 0.6 is 34.5 Å². The summed E-state index contributed by atoms with van der Waals surface area (Å²) in [7, 11) is 2.10. The van der Waals surface area contributed by atoms with Crippen molar-refractivity contribution in [1.82, 2.24) is 4.90 Å². The van der Waals surface area contributed by atoms with Crippen molar-refractivity contribution in [1.29, 1.82) is 0 Å². The van der Waals surface area contributed by atoms with Crippen LogP contribution in [0.15, 0.2) is 35.7 Å². The van der Waals surface area contributed by atoms with Crippen molar-refractivity contribution in [2.45, 2.75) is 19.0 Å². The van der Waals surface area contributed by atoms with Crippen molar-refractivity contribution in [3.05, 3.63) is 56.2 Å². The third kappa shape index (κ3) is 4.21. The molecule has 1 unspecified atom stereocenters. The highest BCUT2D eigenvalue weighted by atomic mass is 35.5. The Kier molecular flexibility index (Phi) is 5.87. The summed E-state index contributed by atoms with van der Waals surface area (Å²) in [5, 5.41) is 3.23. The Bertz CT molecular complexity index is 543. The Labute approximate surface area is 134 Å². The maximum Gasteiger partial charge on any atom is 0.0640 e. The summed E-state index contributed by atoms with van der Waals surface area (Å²) in [5.41, 5.74) is 7.14. The highest BCUT2D eigenvalue weighted by Crippen LogP contribution is 2.30. The first-order valence-electron chi connectivity index (χ1n) is 6.48. The predicted molar refractivity (Wildman–Crippen MR) is 88.7 cm³/mol. The van der Waals surface area contributed by atoms with Crippen LogP contribution in [0.2, 0.25) is 10.0 Å². The fraction of sp³-hybridized carbons (Fsp3) is 0.333. The van der Waals surface area contributed by atoms with Gasteiger partial charge in [0.25, 0.3) is 0 Å². The summed E-state index contributed by atoms with van der Waals surface area (Å²) in [6.07, 6.45) is 0.849. The minimum absolute atomic E-state index is 0.0908. The Balaban J connectivity index is 1.88. The summed E-state index contributed by atoms with van der Waals surface area (Å²) in [5.74, 6) is 0. The lowest BCUT2D eigenvalue weighted by Crippen LogP contribution is -2.23. The zero-order valence-electron chi connectivity index (χ0n) is 11.4. The lowest BCUT2D eigenvalue weighted by Gasteiger charge is -2.20. The number of hydrogen-bond donors (Lipinski definition) is 1. The molecule has 1 heterocycles. The number of hydrogen-bond acceptors (Lipinski definition) is 3. The molecular weight excluding hydrogens is 311 g/mol. The van der Waals surface area contributed by atoms with Crippen molar-refractivity contribution in [3.8, 4) is 0 Å². The van der Waals surface area contributed by atoms with E-state index in [1.165, 1.54) is 4.88 Å². The van der Waals surface area contributed by atoms with E-state index in [1.54, 1.807) is 17.4 Å². The van der Waals surface area contributed by atoms with E-state index in [4.69, 9.17) is 28.9 Å². The van der Waals surface area contributed by atoms with Crippen LogP contribution in [0.4, 0.5) is 0 Å². The summed E-state index contributed by atoms with van der Waals surface area (Å²) in [6, 6.07) is 9.74. The zero-order chi connectivity index (χ0) is 14.5. The first-order valence-corrected chi connectivity index (χ1v) is 8.12. The van der Waals surface area contributed by atoms with E-state index in [1.807, 2.05) is 12.1 Å². The van der Waals surface area contributed by atoms with Crippen molar-refractivity contribution in [2.24, 2.45) is 5.73 Å². The number of halogens is 2. The summed E-state index contributed by atoms with van der Waals surface area (Å²) < 4.78 is 0. The van der Waals surface area contributed by atoms with Crippen LogP contribution in [0.3, 0.4) is 0 Å². The van der Waals surface area contributed by atoms with E-state index in [2.05, 4.69) is 29.5 Å². The molecule has 2 aromatic rings. The van der Waals surface area contributed by atoms with Gasteiger partial charge in [-0.2, -0.15) is 0 Å². The van der Waals surface area contributed by atoms with E-state index in [0.29, 0.717) is 10.0 Å². The van der Waals surface area contributed by atoms with Crippen LogP contribution in [0.5, 0.6) is 0 Å². The lowest BCUT2D eigenvalue weighted by molar-refractivity contribution is 0.314. The van der Waals surface area contributed by atoms with E-state index >= 15 is 0 Å². The molecule has 108 valence electrons. The third-order valence-corrected chi connectivity index (χ3v) is 4.90. The lowest BCUT2D eigenvalue weighted by atomic mass is 10.0. The molecule has 0 aliphatic heterocycles. The van der Waals surface area contributed by atoms with Gasteiger partial charge in [-0.05, 0) is 36.5 Å². The van der Waals surface area contributed by atoms with Crippen molar-refractivity contribution in [2.75, 3.05) is 13.6 Å². The minimum Gasteiger partial charge on any atom is -0.324 e. The van der Waals surface area contributed by atoms with Crippen LogP contribution in [-0.4, -0.2) is 18.5 Å². The van der Waals surface area contributed by atoms with E-state index in [0.717, 1.165) is 25.1 Å². The van der Waals surface area contributed by atoms with Gasteiger partial charge in [0.15, 0.2) is 0 Å². The molecule has 0 radical (unpaired) electrons. The molecule has 20 heavy (non-hydrogen) atoms. The highest BCUT2D eigenvalue weighted by molar-refractivity contribution is 7.09. The molecular formula is C15H18Cl2N2S. The Morgan fingerprint density at radius 2 is 2.05 bits per heavy atom. The Morgan fingerprint density at radius 1 is 1.25 bits per heavy atom. The molecule has 2 rings (SSSR count). The molecule has 0 saturated carbocycles. The molecule has 1 atom stereocenters. The zero-order valence-corrected chi connectivity index (χ0v) is 13.7. The van der Waals surface area contributed by atoms with Gasteiger partial charge in [-0.3, -0.25) is 0 Å². The largest absolute Gasteiger partial charge is 0.324 e. The highest BCUT2D eigenvalue weighted by Gasteiger charge is 2.13. The average molecular weight is 329 g/mol. The van der Waals surface area contributed by atoms with E-state index in [9.17, 15) is 0 Å². The van der Waals surface area contributed by atoms with Crippen LogP contribution in [-0.2, 0) is 6.54 Å². The van der Waals surface area contributed by atoms with Crippen molar-refractivity contribution in [3.63, 3.8) is 0 Å². The summed E-state index contributed by atoms with van der Waals surface area (Å²) >= 11 is 14.0. The number of benzene rings is 1. The average Bonchev–Trinajstić information content (AvgIpc) is 2.92. The standard InChI is InChI=1S/C15H18Cl2N2S/c1-19(10-11-4-3-9-20-11)8-7-14(18)12-5-2-6-13(16)15(12)17/h2-6,9,14H,7-8,10,18H2,1H3. The molecule has 0 aliphatic rings. The minimum atomic E-state index is -0.0908. The number of thiophene rings is 1. The molecule has 0 saturated heterocycles. The SMILES string of the molecule is CN(CCC(N)c1cccc(Cl)c1Cl)Cc1cccs1. The van der Waals surface area contributed by atoms with Gasteiger partial charge in [0.05, 0.1) is 10.0 Å². The predicted octanol–water partition coefficient (Wildman–Crippen LogP) is 4.58. The fourth-order valence-corrected chi connectivity index (χ4v) is 3.30. The van der Waals surface area contributed by atoms with E-state index in [-0.39, 0.29) is 6.04 Å². The second-order valence-electron chi connectivity index (χ2n) is 4.86. The monoisotopic (exact) mass is 328 g/mol. The normalized spacial score (nSPS) is 12.8. The van der Waals surface area contributed by atoms with Gasteiger partial charge in [0, 0.05) is 24.0 Å². The van der Waals surface area contributed by atoms with Crippen LogP contribution in [0, 0.1) is 0 Å². The topological polar surface area (TPSA) is 29.3 Å². The maximum atomic E-state index is 6.22. The van der Waals surface area contributed by atoms with Gasteiger partial charge in [0.1, 0.15) is 0 Å². The van der Waals surface area contributed by atoms with Gasteiger partial charge in [-0.1, -0.05) is 41.4 Å². The van der Waals surface area contributed by atoms with Crippen LogP contribution < -0.4 is 5.73 Å². The van der Waals surface area contributed by atoms with Crippen molar-refractivity contribution >= 4 is 34.5 Å². The molecule has 0 aliphatic carbocycles. The third-order valence-electron chi connectivity index (χ3n) is 3.21. The van der Waals surface area contributed by atoms with Gasteiger partial charge in [-0.25, -0.2) is 0 Å². The Morgan fingerprint density at radius 3 is 2.75 bits per heavy atom. The van der Waals surface area contributed by atoms with Gasteiger partial charge < -0.3 is 10.6 Å². The van der Waals surface area contributed by atoms with Crippen LogP contribution in [0.25, 0.3) is 0 Å². The molecule has 0 bridgehead atoms.